The van der Waals surface area contributed by atoms with E-state index in [0.717, 1.165) is 4.31 Å². The summed E-state index contributed by atoms with van der Waals surface area (Å²) in [7, 11) is -4.31. The van der Waals surface area contributed by atoms with E-state index in [4.69, 9.17) is 11.6 Å². The monoisotopic (exact) mass is 313 g/mol. The molecule has 1 fully saturated rings. The number of rotatable bonds is 2. The predicted molar refractivity (Wildman–Crippen MR) is 63.9 cm³/mol. The molecule has 1 saturated heterocycles. The molecule has 0 bridgehead atoms. The maximum Gasteiger partial charge on any atom is 0.248 e. The molecule has 0 amide bonds. The number of hydrogen-bond donors (Lipinski definition) is 0. The van der Waals surface area contributed by atoms with Crippen LogP contribution in [0.3, 0.4) is 0 Å². The highest BCUT2D eigenvalue weighted by Crippen LogP contribution is 2.27. The standard InChI is InChI=1S/C11H11ClF3NO2S/c12-7-1-3-16(4-2-7)19(17,18)11-9(14)5-8(13)6-10(11)15/h5-7H,1-4H2. The van der Waals surface area contributed by atoms with Crippen LogP contribution in [0.2, 0.25) is 0 Å². The van der Waals surface area contributed by atoms with E-state index in [1.54, 1.807) is 0 Å². The molecule has 0 aliphatic carbocycles. The first-order valence-corrected chi connectivity index (χ1v) is 7.49. The van der Waals surface area contributed by atoms with E-state index in [2.05, 4.69) is 0 Å². The van der Waals surface area contributed by atoms with Crippen molar-refractivity contribution in [2.45, 2.75) is 23.1 Å². The second kappa shape index (κ2) is 5.30. The van der Waals surface area contributed by atoms with Crippen LogP contribution < -0.4 is 0 Å². The molecule has 106 valence electrons. The van der Waals surface area contributed by atoms with Crippen molar-refractivity contribution in [3.05, 3.63) is 29.6 Å². The summed E-state index contributed by atoms with van der Waals surface area (Å²) in [4.78, 5) is -1.11. The molecule has 1 aromatic rings. The van der Waals surface area contributed by atoms with Gasteiger partial charge in [0.2, 0.25) is 10.0 Å². The maximum atomic E-state index is 13.5. The van der Waals surface area contributed by atoms with Crippen LogP contribution >= 0.6 is 11.6 Å². The average Bonchev–Trinajstić information content (AvgIpc) is 2.27. The van der Waals surface area contributed by atoms with Gasteiger partial charge in [0.25, 0.3) is 0 Å². The van der Waals surface area contributed by atoms with Crippen molar-refractivity contribution in [1.82, 2.24) is 4.31 Å². The van der Waals surface area contributed by atoms with Gasteiger partial charge >= 0.3 is 0 Å². The van der Waals surface area contributed by atoms with Crippen LogP contribution in [0.1, 0.15) is 12.8 Å². The summed E-state index contributed by atoms with van der Waals surface area (Å²) in [6.07, 6.45) is 0.816. The average molecular weight is 314 g/mol. The van der Waals surface area contributed by atoms with Crippen LogP contribution in [0.25, 0.3) is 0 Å². The van der Waals surface area contributed by atoms with E-state index in [1.165, 1.54) is 0 Å². The van der Waals surface area contributed by atoms with Crippen molar-refractivity contribution in [2.24, 2.45) is 0 Å². The van der Waals surface area contributed by atoms with Crippen molar-refractivity contribution >= 4 is 21.6 Å². The maximum absolute atomic E-state index is 13.5. The quantitative estimate of drug-likeness (QED) is 0.787. The molecule has 1 heterocycles. The van der Waals surface area contributed by atoms with Crippen molar-refractivity contribution < 1.29 is 21.6 Å². The van der Waals surface area contributed by atoms with Crippen LogP contribution in [0.15, 0.2) is 17.0 Å². The van der Waals surface area contributed by atoms with Gasteiger partial charge in [-0.15, -0.1) is 11.6 Å². The lowest BCUT2D eigenvalue weighted by atomic mass is 10.2. The number of hydrogen-bond acceptors (Lipinski definition) is 2. The normalized spacial score (nSPS) is 18.7. The number of alkyl halides is 1. The Kier molecular flexibility index (Phi) is 4.08. The van der Waals surface area contributed by atoms with Gasteiger partial charge in [0.05, 0.1) is 0 Å². The fourth-order valence-corrected chi connectivity index (χ4v) is 3.72. The number of piperidine rings is 1. The van der Waals surface area contributed by atoms with E-state index in [0.29, 0.717) is 25.0 Å². The smallest absolute Gasteiger partial charge is 0.207 e. The summed E-state index contributed by atoms with van der Waals surface area (Å²) < 4.78 is 65.1. The highest BCUT2D eigenvalue weighted by atomic mass is 35.5. The Labute approximate surface area is 114 Å². The van der Waals surface area contributed by atoms with E-state index >= 15 is 0 Å². The summed E-state index contributed by atoms with van der Waals surface area (Å²) in [6.45, 7) is 0.180. The molecule has 0 unspecified atom stereocenters. The van der Waals surface area contributed by atoms with Crippen LogP contribution in [-0.4, -0.2) is 31.2 Å². The zero-order valence-electron chi connectivity index (χ0n) is 9.74. The Morgan fingerprint density at radius 3 is 2.05 bits per heavy atom. The van der Waals surface area contributed by atoms with Gasteiger partial charge in [0, 0.05) is 30.6 Å². The molecule has 0 saturated carbocycles. The Balaban J connectivity index is 2.40. The number of nitrogens with zero attached hydrogens (tertiary/aromatic N) is 1. The summed E-state index contributed by atoms with van der Waals surface area (Å²) in [5, 5.41) is -0.144. The molecule has 0 N–H and O–H groups in total. The Bertz CT molecular complexity index is 563. The van der Waals surface area contributed by atoms with E-state index in [9.17, 15) is 21.6 Å². The molecule has 0 radical (unpaired) electrons. The molecular formula is C11H11ClF3NO2S. The minimum absolute atomic E-state index is 0.0900. The third-order valence-electron chi connectivity index (χ3n) is 2.94. The fourth-order valence-electron chi connectivity index (χ4n) is 1.97. The first kappa shape index (κ1) is 14.6. The lowest BCUT2D eigenvalue weighted by Gasteiger charge is -2.28. The largest absolute Gasteiger partial charge is 0.248 e. The van der Waals surface area contributed by atoms with Crippen LogP contribution in [0.4, 0.5) is 13.2 Å². The molecule has 0 aromatic heterocycles. The molecule has 3 nitrogen and oxygen atoms in total. The zero-order chi connectivity index (χ0) is 14.2. The third-order valence-corrected chi connectivity index (χ3v) is 5.33. The molecule has 1 aliphatic rings. The van der Waals surface area contributed by atoms with E-state index in [1.807, 2.05) is 0 Å². The Morgan fingerprint density at radius 2 is 1.58 bits per heavy atom. The zero-order valence-corrected chi connectivity index (χ0v) is 11.3. The summed E-state index contributed by atoms with van der Waals surface area (Å²) in [5.74, 6) is -4.01. The molecule has 1 aliphatic heterocycles. The number of sulfonamides is 1. The summed E-state index contributed by atoms with van der Waals surface area (Å²) in [6, 6.07) is 0.703. The number of benzene rings is 1. The first-order chi connectivity index (χ1) is 8.82. The highest BCUT2D eigenvalue weighted by Gasteiger charge is 2.33. The van der Waals surface area contributed by atoms with Crippen molar-refractivity contribution in [3.8, 4) is 0 Å². The molecular weight excluding hydrogens is 303 g/mol. The van der Waals surface area contributed by atoms with Crippen molar-refractivity contribution in [2.75, 3.05) is 13.1 Å². The summed E-state index contributed by atoms with van der Waals surface area (Å²) >= 11 is 5.84. The van der Waals surface area contributed by atoms with Crippen LogP contribution in [0.5, 0.6) is 0 Å². The first-order valence-electron chi connectivity index (χ1n) is 5.61. The third kappa shape index (κ3) is 2.88. The minimum Gasteiger partial charge on any atom is -0.207 e. The van der Waals surface area contributed by atoms with Crippen LogP contribution in [0, 0.1) is 17.5 Å². The van der Waals surface area contributed by atoms with Crippen LogP contribution in [-0.2, 0) is 10.0 Å². The predicted octanol–water partition coefficient (Wildman–Crippen LogP) is 2.50. The molecule has 1 aromatic carbocycles. The van der Waals surface area contributed by atoms with Gasteiger partial charge in [0.15, 0.2) is 4.90 Å². The minimum atomic E-state index is -4.31. The highest BCUT2D eigenvalue weighted by molar-refractivity contribution is 7.89. The topological polar surface area (TPSA) is 37.4 Å². The van der Waals surface area contributed by atoms with Crippen molar-refractivity contribution in [1.29, 1.82) is 0 Å². The molecule has 0 spiro atoms. The molecule has 0 atom stereocenters. The molecule has 19 heavy (non-hydrogen) atoms. The van der Waals surface area contributed by atoms with Gasteiger partial charge in [-0.25, -0.2) is 21.6 Å². The second-order valence-corrected chi connectivity index (χ2v) is 6.77. The van der Waals surface area contributed by atoms with Gasteiger partial charge in [-0.1, -0.05) is 0 Å². The Morgan fingerprint density at radius 1 is 1.11 bits per heavy atom. The lowest BCUT2D eigenvalue weighted by Crippen LogP contribution is -2.39. The van der Waals surface area contributed by atoms with Gasteiger partial charge in [-0.3, -0.25) is 0 Å². The molecule has 8 heteroatoms. The van der Waals surface area contributed by atoms with E-state index in [-0.39, 0.29) is 18.5 Å². The van der Waals surface area contributed by atoms with E-state index < -0.39 is 32.4 Å². The lowest BCUT2D eigenvalue weighted by molar-refractivity contribution is 0.345. The molecule has 2 rings (SSSR count). The summed E-state index contributed by atoms with van der Waals surface area (Å²) in [5.41, 5.74) is 0. The second-order valence-electron chi connectivity index (χ2n) is 4.28. The van der Waals surface area contributed by atoms with Gasteiger partial charge in [-0.2, -0.15) is 4.31 Å². The van der Waals surface area contributed by atoms with Gasteiger partial charge in [-0.05, 0) is 12.8 Å². The van der Waals surface area contributed by atoms with Crippen molar-refractivity contribution in [3.63, 3.8) is 0 Å². The number of halogens is 4. The van der Waals surface area contributed by atoms with Gasteiger partial charge in [0.1, 0.15) is 17.5 Å². The van der Waals surface area contributed by atoms with Gasteiger partial charge < -0.3 is 0 Å². The fraction of sp³-hybridized carbons (Fsp3) is 0.455. The SMILES string of the molecule is O=S(=O)(c1c(F)cc(F)cc1F)N1CCC(Cl)CC1. The Hall–Kier alpha value is -0.790.